The molecule has 2 saturated heterocycles. The van der Waals surface area contributed by atoms with Crippen LogP contribution in [-0.4, -0.2) is 90.5 Å². The normalized spacial score (nSPS) is 23.0. The van der Waals surface area contributed by atoms with Crippen LogP contribution in [0.5, 0.6) is 0 Å². The van der Waals surface area contributed by atoms with Gasteiger partial charge in [0.1, 0.15) is 12.1 Å². The smallest absolute Gasteiger partial charge is 0.243 e. The maximum atomic E-state index is 14.2. The van der Waals surface area contributed by atoms with Crippen molar-refractivity contribution in [1.82, 2.24) is 31.2 Å². The van der Waals surface area contributed by atoms with Gasteiger partial charge in [0.05, 0.1) is 41.8 Å². The molecule has 4 aromatic rings. The van der Waals surface area contributed by atoms with Crippen molar-refractivity contribution in [3.05, 3.63) is 106 Å². The summed E-state index contributed by atoms with van der Waals surface area (Å²) in [5, 5.41) is 13.6. The summed E-state index contributed by atoms with van der Waals surface area (Å²) < 4.78 is 5.51. The van der Waals surface area contributed by atoms with Crippen molar-refractivity contribution in [3.63, 3.8) is 0 Å². The molecule has 4 amide bonds. The predicted octanol–water partition coefficient (Wildman–Crippen LogP) is 3.18. The Balaban J connectivity index is 1.34. The van der Waals surface area contributed by atoms with Crippen LogP contribution in [0.1, 0.15) is 23.1 Å². The quantitative estimate of drug-likeness (QED) is 0.199. The number of carbonyl (C=O) groups is 4. The fourth-order valence-corrected chi connectivity index (χ4v) is 6.86. The summed E-state index contributed by atoms with van der Waals surface area (Å²) in [6, 6.07) is 18.9. The number of hydrogen-bond donors (Lipinski definition) is 5. The van der Waals surface area contributed by atoms with Crippen LogP contribution in [0.3, 0.4) is 0 Å². The summed E-state index contributed by atoms with van der Waals surface area (Å²) in [7, 11) is 0. The fraction of sp³-hybridized carbons (Fsp3) is 0.351. The Kier molecular flexibility index (Phi) is 11.7. The number of fused-ring (bicyclic) bond motifs is 1. The second kappa shape index (κ2) is 16.5. The van der Waals surface area contributed by atoms with E-state index in [0.29, 0.717) is 42.8 Å². The third kappa shape index (κ3) is 9.02. The Morgan fingerprint density at radius 1 is 0.720 bits per heavy atom. The molecular weight excluding hydrogens is 679 g/mol. The van der Waals surface area contributed by atoms with Crippen LogP contribution in [0.25, 0.3) is 10.9 Å². The van der Waals surface area contributed by atoms with Gasteiger partial charge in [0.2, 0.25) is 23.6 Å². The number of ether oxygens (including phenoxy) is 1. The zero-order valence-corrected chi connectivity index (χ0v) is 28.9. The highest BCUT2D eigenvalue weighted by atomic mass is 35.5. The van der Waals surface area contributed by atoms with E-state index in [9.17, 15) is 19.2 Å². The Morgan fingerprint density at radius 3 is 2.22 bits per heavy atom. The largest absolute Gasteiger partial charge is 0.379 e. The number of rotatable bonds is 7. The van der Waals surface area contributed by atoms with Gasteiger partial charge < -0.3 is 31.0 Å². The van der Waals surface area contributed by atoms with Gasteiger partial charge in [-0.15, -0.1) is 0 Å². The molecule has 0 bridgehead atoms. The van der Waals surface area contributed by atoms with E-state index < -0.39 is 41.9 Å². The Bertz CT molecular complexity index is 1830. The first-order valence-corrected chi connectivity index (χ1v) is 17.5. The molecule has 0 saturated carbocycles. The van der Waals surface area contributed by atoms with Gasteiger partial charge in [-0.2, -0.15) is 0 Å². The molecule has 50 heavy (non-hydrogen) atoms. The monoisotopic (exact) mass is 718 g/mol. The maximum Gasteiger partial charge on any atom is 0.243 e. The molecule has 6 rings (SSSR count). The molecule has 4 atom stereocenters. The van der Waals surface area contributed by atoms with Gasteiger partial charge in [0.15, 0.2) is 0 Å². The van der Waals surface area contributed by atoms with Gasteiger partial charge in [0.25, 0.3) is 0 Å². The number of benzene rings is 3. The molecule has 11 nitrogen and oxygen atoms in total. The van der Waals surface area contributed by atoms with Crippen LogP contribution in [0.2, 0.25) is 10.0 Å². The van der Waals surface area contributed by atoms with Crippen LogP contribution in [0.4, 0.5) is 0 Å². The average Bonchev–Trinajstić information content (AvgIpc) is 3.53. The van der Waals surface area contributed by atoms with E-state index >= 15 is 0 Å². The Hall–Kier alpha value is -4.42. The summed E-state index contributed by atoms with van der Waals surface area (Å²) in [6.07, 6.45) is 2.34. The molecule has 2 fully saturated rings. The lowest BCUT2D eigenvalue weighted by Crippen LogP contribution is -2.60. The van der Waals surface area contributed by atoms with Crippen molar-refractivity contribution in [2.24, 2.45) is 0 Å². The molecule has 3 heterocycles. The van der Waals surface area contributed by atoms with Crippen molar-refractivity contribution in [2.75, 3.05) is 32.8 Å². The van der Waals surface area contributed by atoms with E-state index in [1.54, 1.807) is 12.1 Å². The van der Waals surface area contributed by atoms with Crippen molar-refractivity contribution < 1.29 is 23.9 Å². The lowest BCUT2D eigenvalue weighted by molar-refractivity contribution is -0.136. The van der Waals surface area contributed by atoms with E-state index in [4.69, 9.17) is 27.9 Å². The van der Waals surface area contributed by atoms with Crippen molar-refractivity contribution in [2.45, 2.75) is 49.9 Å². The number of halogens is 2. The fourth-order valence-electron chi connectivity index (χ4n) is 6.54. The number of amides is 4. The Morgan fingerprint density at radius 2 is 1.44 bits per heavy atom. The number of nitrogens with zero attached hydrogens (tertiary/aromatic N) is 1. The van der Waals surface area contributed by atoms with Crippen LogP contribution < -0.4 is 21.3 Å². The number of carbonyl (C=O) groups excluding carboxylic acids is 4. The minimum atomic E-state index is -1.03. The highest BCUT2D eigenvalue weighted by Crippen LogP contribution is 2.24. The zero-order valence-electron chi connectivity index (χ0n) is 27.4. The van der Waals surface area contributed by atoms with E-state index in [2.05, 4.69) is 26.3 Å². The molecule has 0 aliphatic carbocycles. The summed E-state index contributed by atoms with van der Waals surface area (Å²) >= 11 is 12.5. The minimum Gasteiger partial charge on any atom is -0.379 e. The van der Waals surface area contributed by atoms with Crippen LogP contribution >= 0.6 is 23.2 Å². The summed E-state index contributed by atoms with van der Waals surface area (Å²) in [5.41, 5.74) is 3.37. The molecule has 2 aliphatic heterocycles. The number of hydrogen-bond acceptors (Lipinski definition) is 6. The molecule has 0 spiro atoms. The van der Waals surface area contributed by atoms with E-state index in [1.165, 1.54) is 0 Å². The maximum absolute atomic E-state index is 14.2. The van der Waals surface area contributed by atoms with Crippen molar-refractivity contribution in [1.29, 1.82) is 0 Å². The summed E-state index contributed by atoms with van der Waals surface area (Å²) in [4.78, 5) is 61.1. The van der Waals surface area contributed by atoms with Crippen molar-refractivity contribution in [3.8, 4) is 0 Å². The lowest BCUT2D eigenvalue weighted by atomic mass is 10.00. The average molecular weight is 720 g/mol. The number of aromatic nitrogens is 1. The van der Waals surface area contributed by atoms with Gasteiger partial charge in [-0.05, 0) is 41.3 Å². The summed E-state index contributed by atoms with van der Waals surface area (Å²) in [5.74, 6) is -1.75. The highest BCUT2D eigenvalue weighted by molar-refractivity contribution is 6.42. The van der Waals surface area contributed by atoms with Gasteiger partial charge in [-0.25, -0.2) is 0 Å². The van der Waals surface area contributed by atoms with Gasteiger partial charge in [-0.1, -0.05) is 77.8 Å². The molecular formula is C37H40Cl2N6O5. The number of aromatic amines is 1. The first kappa shape index (κ1) is 35.4. The number of nitrogens with one attached hydrogen (secondary N) is 5. The molecule has 2 aliphatic rings. The van der Waals surface area contributed by atoms with Crippen LogP contribution in [0.15, 0.2) is 79.0 Å². The molecule has 262 valence electrons. The van der Waals surface area contributed by atoms with E-state index in [-0.39, 0.29) is 31.7 Å². The third-order valence-electron chi connectivity index (χ3n) is 9.17. The van der Waals surface area contributed by atoms with E-state index in [1.807, 2.05) is 71.8 Å². The highest BCUT2D eigenvalue weighted by Gasteiger charge is 2.34. The zero-order chi connectivity index (χ0) is 35.0. The van der Waals surface area contributed by atoms with Gasteiger partial charge >= 0.3 is 0 Å². The lowest BCUT2D eigenvalue weighted by Gasteiger charge is -2.34. The molecule has 3 aromatic carbocycles. The second-order valence-electron chi connectivity index (χ2n) is 12.7. The van der Waals surface area contributed by atoms with E-state index in [0.717, 1.165) is 27.6 Å². The molecule has 0 unspecified atom stereocenters. The minimum absolute atomic E-state index is 0.0719. The molecule has 5 N–H and O–H groups in total. The van der Waals surface area contributed by atoms with Crippen molar-refractivity contribution >= 4 is 57.7 Å². The number of para-hydroxylation sites is 1. The second-order valence-corrected chi connectivity index (χ2v) is 13.5. The molecule has 1 aromatic heterocycles. The third-order valence-corrected chi connectivity index (χ3v) is 9.91. The Labute approximate surface area is 300 Å². The number of H-pyrrole nitrogens is 1. The molecule has 13 heteroatoms. The topological polar surface area (TPSA) is 145 Å². The standard InChI is InChI=1S/C37H40Cl2N6O5/c38-28-11-10-24(17-29(28)39)16-26-22-41-37(49)33(45-12-14-50-15-13-45)20-34(46)43-32(19-25-21-40-30-9-5-4-8-27(25)30)36(48)44-31(35(47)42-26)18-23-6-2-1-3-7-23/h1-11,17,21,26,31-33,40H,12-16,18-20,22H2,(H,41,49)(H,42,47)(H,43,46)(H,44,48)/t26-,31+,32+,33-/m1/s1. The summed E-state index contributed by atoms with van der Waals surface area (Å²) in [6.45, 7) is 1.86. The van der Waals surface area contributed by atoms with Gasteiger partial charge in [0, 0.05) is 49.6 Å². The first-order chi connectivity index (χ1) is 24.2. The predicted molar refractivity (Wildman–Crippen MR) is 192 cm³/mol. The molecule has 0 radical (unpaired) electrons. The van der Waals surface area contributed by atoms with Crippen LogP contribution in [-0.2, 0) is 43.2 Å². The first-order valence-electron chi connectivity index (χ1n) is 16.8. The number of morpholine rings is 1. The van der Waals surface area contributed by atoms with Gasteiger partial charge in [-0.3, -0.25) is 24.1 Å². The SMILES string of the molecule is O=C1C[C@@H](N2CCOCC2)C(=O)NC[C@@H](Cc2ccc(Cl)c(Cl)c2)NC(=O)[C@H](Cc2ccccc2)NC(=O)[C@H](Cc2c[nH]c3ccccc23)N1. The van der Waals surface area contributed by atoms with Crippen LogP contribution in [0, 0.1) is 0 Å².